The number of fused-ring (bicyclic) bond motifs is 1. The van der Waals surface area contributed by atoms with E-state index in [9.17, 15) is 14.4 Å². The lowest BCUT2D eigenvalue weighted by Crippen LogP contribution is -2.49. The predicted octanol–water partition coefficient (Wildman–Crippen LogP) is 3.09. The minimum absolute atomic E-state index is 0.246. The van der Waals surface area contributed by atoms with E-state index in [4.69, 9.17) is 17.9 Å². The van der Waals surface area contributed by atoms with Crippen LogP contribution in [-0.2, 0) is 40.8 Å². The van der Waals surface area contributed by atoms with Gasteiger partial charge in [0.2, 0.25) is 0 Å². The summed E-state index contributed by atoms with van der Waals surface area (Å²) < 4.78 is 42.5. The molecule has 1 aromatic carbocycles. The van der Waals surface area contributed by atoms with Gasteiger partial charge in [-0.2, -0.15) is 0 Å². The highest BCUT2D eigenvalue weighted by molar-refractivity contribution is 6.79. The molecule has 11 nitrogen and oxygen atoms in total. The van der Waals surface area contributed by atoms with E-state index >= 15 is 4.39 Å². The molecule has 3 aromatic heterocycles. The Labute approximate surface area is 268 Å². The number of hydrogen-bond donors (Lipinski definition) is 0. The highest BCUT2D eigenvalue weighted by Crippen LogP contribution is 2.35. The summed E-state index contributed by atoms with van der Waals surface area (Å²) in [7, 11) is -5.14. The van der Waals surface area contributed by atoms with E-state index in [1.54, 1.807) is 41.0 Å². The molecule has 0 saturated heterocycles. The van der Waals surface area contributed by atoms with Crippen LogP contribution in [0.1, 0.15) is 27.2 Å². The first-order valence-electron chi connectivity index (χ1n) is 14.9. The van der Waals surface area contributed by atoms with Crippen molar-refractivity contribution in [2.45, 2.75) is 46.3 Å². The molecule has 0 spiro atoms. The Morgan fingerprint density at radius 2 is 1.41 bits per heavy atom. The van der Waals surface area contributed by atoms with Crippen LogP contribution in [0.2, 0.25) is 6.04 Å². The lowest BCUT2D eigenvalue weighted by atomic mass is 9.98. The van der Waals surface area contributed by atoms with Gasteiger partial charge in [-0.25, -0.2) is 32.5 Å². The Kier molecular flexibility index (Phi) is 12.5. The van der Waals surface area contributed by atoms with Crippen LogP contribution in [-0.4, -0.2) is 65.6 Å². The molecule has 0 bridgehead atoms. The monoisotopic (exact) mass is 662 g/mol. The molecule has 0 unspecified atom stereocenters. The predicted molar refractivity (Wildman–Crippen MR) is 170 cm³/mol. The number of rotatable bonds is 17. The number of halogens is 1. The number of allylic oxidation sites excluding steroid dienone is 1. The van der Waals surface area contributed by atoms with Gasteiger partial charge in [-0.1, -0.05) is 0 Å². The summed E-state index contributed by atoms with van der Waals surface area (Å²) in [6, 6.07) is 9.24. The first-order chi connectivity index (χ1) is 22.4. The summed E-state index contributed by atoms with van der Waals surface area (Å²) in [4.78, 5) is 33.0. The molecule has 4 rings (SSSR count). The summed E-state index contributed by atoms with van der Waals surface area (Å²) in [5.74, 6) is 4.67. The Balaban J connectivity index is 1.53. The van der Waals surface area contributed by atoms with E-state index in [0.29, 0.717) is 60.8 Å². The van der Waals surface area contributed by atoms with E-state index in [0.717, 1.165) is 5.56 Å². The first-order valence-corrected chi connectivity index (χ1v) is 18.8. The van der Waals surface area contributed by atoms with Crippen LogP contribution >= 0.6 is 0 Å². The first kappa shape index (κ1) is 34.4. The number of pyridine rings is 2. The summed E-state index contributed by atoms with van der Waals surface area (Å²) >= 11 is 0. The van der Waals surface area contributed by atoms with Crippen molar-refractivity contribution >= 4 is 46.5 Å². The van der Waals surface area contributed by atoms with Gasteiger partial charge in [0.25, 0.3) is 0 Å². The van der Waals surface area contributed by atoms with E-state index < -0.39 is 23.4 Å². The van der Waals surface area contributed by atoms with Gasteiger partial charge in [0.1, 0.15) is 34.7 Å². The second-order valence-corrected chi connectivity index (χ2v) is 15.2. The highest BCUT2D eigenvalue weighted by atomic mass is 28.4. The molecule has 0 saturated carbocycles. The molecule has 0 amide bonds. The van der Waals surface area contributed by atoms with Crippen molar-refractivity contribution in [1.29, 1.82) is 0 Å². The minimum Gasteiger partial charge on any atom is -0.374 e. The van der Waals surface area contributed by atoms with Crippen LogP contribution < -0.4 is 9.13 Å². The van der Waals surface area contributed by atoms with Gasteiger partial charge in [-0.15, -0.1) is 0 Å². The third kappa shape index (κ3) is 8.21. The lowest BCUT2D eigenvalue weighted by Gasteiger charge is -2.27. The van der Waals surface area contributed by atoms with Crippen LogP contribution in [0, 0.1) is 5.82 Å². The number of aryl methyl sites for hydroxylation is 2. The highest BCUT2D eigenvalue weighted by Gasteiger charge is 2.41. The third-order valence-corrected chi connectivity index (χ3v) is 12.5. The van der Waals surface area contributed by atoms with Gasteiger partial charge in [-0.05, 0) is 59.7 Å². The number of benzene rings is 1. The van der Waals surface area contributed by atoms with E-state index in [1.165, 1.54) is 17.5 Å². The standard InChI is InChI=1S/C32H35FN4O7Si2/c1-4-41-46(42-5-2,43-6-3)22-17-37-12-7-25(8-13-37)28-23-29(33)30(32-31(28)34-44-35-32)26-9-14-36(15-10-26)16-11-27(24-40)45(20-18-38)21-19-39/h7-10,12-15,20-21,23,45H,4-6,11,16-17,22H2,1-3H3/q+2. The van der Waals surface area contributed by atoms with Crippen molar-refractivity contribution in [1.82, 2.24) is 10.3 Å². The molecular formula is C32H35FN4O7Si2+2. The quantitative estimate of drug-likeness (QED) is 0.0953. The summed E-state index contributed by atoms with van der Waals surface area (Å²) in [6.45, 7) is 8.30. The fourth-order valence-corrected chi connectivity index (χ4v) is 9.09. The average Bonchev–Trinajstić information content (AvgIpc) is 3.55. The Morgan fingerprint density at radius 1 is 0.870 bits per heavy atom. The van der Waals surface area contributed by atoms with Crippen LogP contribution in [0.25, 0.3) is 33.3 Å². The van der Waals surface area contributed by atoms with E-state index in [2.05, 4.69) is 10.3 Å². The number of aromatic nitrogens is 4. The Bertz CT molecular complexity index is 1750. The molecule has 14 heteroatoms. The fraction of sp³-hybridized carbons (Fsp3) is 0.312. The van der Waals surface area contributed by atoms with Crippen molar-refractivity contribution < 1.29 is 45.8 Å². The maximum atomic E-state index is 15.7. The summed E-state index contributed by atoms with van der Waals surface area (Å²) in [5.41, 5.74) is 5.20. The normalized spacial score (nSPS) is 11.8. The zero-order chi connectivity index (χ0) is 32.9. The number of hydrogen-bond acceptors (Lipinski definition) is 9. The van der Waals surface area contributed by atoms with Crippen LogP contribution in [0.3, 0.4) is 0 Å². The topological polar surface area (TPSA) is 126 Å². The molecule has 0 aliphatic carbocycles. The van der Waals surface area contributed by atoms with Gasteiger partial charge in [-0.3, -0.25) is 0 Å². The minimum atomic E-state index is -2.80. The SMILES string of the molecule is CCO[Si](CC[n+]1ccc(-c2cc(F)c(-c3cc[n+](CCC(=C=O)[SiH](C=C=O)C=C=O)cc3)c3nonc23)cc1)(OCC)OCC. The second-order valence-electron chi connectivity index (χ2n) is 10.1. The smallest absolute Gasteiger partial charge is 0.374 e. The van der Waals surface area contributed by atoms with Crippen molar-refractivity contribution in [2.24, 2.45) is 0 Å². The molecule has 46 heavy (non-hydrogen) atoms. The molecular weight excluding hydrogens is 628 g/mol. The van der Waals surface area contributed by atoms with Gasteiger partial charge in [0, 0.05) is 66.8 Å². The van der Waals surface area contributed by atoms with Crippen molar-refractivity contribution in [3.05, 3.63) is 77.5 Å². The molecule has 0 fully saturated rings. The van der Waals surface area contributed by atoms with Crippen molar-refractivity contribution in [3.63, 3.8) is 0 Å². The molecule has 0 aliphatic heterocycles. The molecule has 238 valence electrons. The van der Waals surface area contributed by atoms with Crippen LogP contribution in [0.4, 0.5) is 4.39 Å². The van der Waals surface area contributed by atoms with Crippen LogP contribution in [0.5, 0.6) is 0 Å². The number of carbonyl (C=O) groups excluding carboxylic acids is 3. The molecule has 0 radical (unpaired) electrons. The average molecular weight is 663 g/mol. The van der Waals surface area contributed by atoms with E-state index in [-0.39, 0.29) is 17.5 Å². The fourth-order valence-electron chi connectivity index (χ4n) is 5.16. The Morgan fingerprint density at radius 3 is 1.96 bits per heavy atom. The maximum absolute atomic E-state index is 15.7. The zero-order valence-corrected chi connectivity index (χ0v) is 28.1. The molecule has 4 aromatic rings. The van der Waals surface area contributed by atoms with Gasteiger partial charge in [0.05, 0.1) is 6.04 Å². The lowest BCUT2D eigenvalue weighted by molar-refractivity contribution is -0.696. The molecule has 0 N–H and O–H groups in total. The van der Waals surface area contributed by atoms with Gasteiger partial charge >= 0.3 is 8.80 Å². The Hall–Kier alpha value is -4.49. The maximum Gasteiger partial charge on any atom is 0.507 e. The number of nitrogens with zero attached hydrogens (tertiary/aromatic N) is 4. The van der Waals surface area contributed by atoms with Crippen molar-refractivity contribution in [3.8, 4) is 22.3 Å². The molecule has 0 atom stereocenters. The largest absolute Gasteiger partial charge is 0.507 e. The molecule has 0 aliphatic rings. The van der Waals surface area contributed by atoms with Crippen LogP contribution in [0.15, 0.2) is 76.3 Å². The second kappa shape index (κ2) is 16.7. The third-order valence-electron chi connectivity index (χ3n) is 7.31. The molecule has 3 heterocycles. The summed E-state index contributed by atoms with van der Waals surface area (Å²) in [5, 5.41) is 8.47. The van der Waals surface area contributed by atoms with Gasteiger partial charge < -0.3 is 13.3 Å². The zero-order valence-electron chi connectivity index (χ0n) is 25.9. The van der Waals surface area contributed by atoms with Gasteiger partial charge in [0.15, 0.2) is 46.7 Å². The van der Waals surface area contributed by atoms with Crippen molar-refractivity contribution in [2.75, 3.05) is 19.8 Å². The van der Waals surface area contributed by atoms with E-state index in [1.807, 2.05) is 55.8 Å². The summed E-state index contributed by atoms with van der Waals surface area (Å²) in [6.07, 6.45) is 7.57.